The summed E-state index contributed by atoms with van der Waals surface area (Å²) in [6.07, 6.45) is 5.62. The van der Waals surface area contributed by atoms with Gasteiger partial charge in [-0.05, 0) is 57.7 Å². The summed E-state index contributed by atoms with van der Waals surface area (Å²) in [5.41, 5.74) is 4.68. The van der Waals surface area contributed by atoms with Crippen LogP contribution in [0.15, 0.2) is 0 Å². The first kappa shape index (κ1) is 12.9. The molecule has 3 heteroatoms. The van der Waals surface area contributed by atoms with Crippen molar-refractivity contribution < 1.29 is 4.79 Å². The van der Waals surface area contributed by atoms with Crippen molar-refractivity contribution in [3.05, 3.63) is 22.5 Å². The molecule has 1 atom stereocenters. The topological polar surface area (TPSA) is 36.1 Å². The Labute approximate surface area is 115 Å². The van der Waals surface area contributed by atoms with Crippen molar-refractivity contribution in [3.63, 3.8) is 0 Å². The molecule has 1 aliphatic carbocycles. The van der Waals surface area contributed by atoms with Gasteiger partial charge in [-0.15, -0.1) is 0 Å². The van der Waals surface area contributed by atoms with Crippen LogP contribution in [0, 0.1) is 12.8 Å². The molecule has 1 unspecified atom stereocenters. The summed E-state index contributed by atoms with van der Waals surface area (Å²) in [7, 11) is 0. The lowest BCUT2D eigenvalue weighted by Crippen LogP contribution is -2.34. The Hall–Kier alpha value is -1.09. The average molecular weight is 260 g/mol. The number of nitrogens with one attached hydrogen (secondary N) is 1. The standard InChI is InChI=1S/C16H24N2O/c1-3-13-11(2)17-14-7-6-12(16(19)15(13)14)10-18-8-4-5-9-18/h12,17H,3-10H2,1-2H3. The molecule has 0 bridgehead atoms. The molecular weight excluding hydrogens is 236 g/mol. The van der Waals surface area contributed by atoms with E-state index in [-0.39, 0.29) is 5.92 Å². The Kier molecular flexibility index (Phi) is 3.48. The molecule has 0 aromatic carbocycles. The summed E-state index contributed by atoms with van der Waals surface area (Å²) < 4.78 is 0. The average Bonchev–Trinajstić information content (AvgIpc) is 3.00. The Morgan fingerprint density at radius 3 is 2.74 bits per heavy atom. The number of rotatable bonds is 3. The van der Waals surface area contributed by atoms with Gasteiger partial charge in [-0.25, -0.2) is 0 Å². The number of carbonyl (C=O) groups is 1. The van der Waals surface area contributed by atoms with E-state index in [1.54, 1.807) is 0 Å². The van der Waals surface area contributed by atoms with E-state index in [1.807, 2.05) is 0 Å². The van der Waals surface area contributed by atoms with E-state index in [1.165, 1.54) is 42.9 Å². The smallest absolute Gasteiger partial charge is 0.169 e. The number of hydrogen-bond donors (Lipinski definition) is 1. The zero-order valence-corrected chi connectivity index (χ0v) is 12.1. The summed E-state index contributed by atoms with van der Waals surface area (Å²) in [5, 5.41) is 0. The molecule has 0 spiro atoms. The predicted molar refractivity (Wildman–Crippen MR) is 76.7 cm³/mol. The molecule has 0 amide bonds. The number of fused-ring (bicyclic) bond motifs is 1. The first-order valence-electron chi connectivity index (χ1n) is 7.67. The number of aromatic amines is 1. The minimum absolute atomic E-state index is 0.228. The normalized spacial score (nSPS) is 23.9. The van der Waals surface area contributed by atoms with Crippen LogP contribution in [0.1, 0.15) is 53.5 Å². The van der Waals surface area contributed by atoms with Gasteiger partial charge in [-0.2, -0.15) is 0 Å². The van der Waals surface area contributed by atoms with Crippen LogP contribution in [0.2, 0.25) is 0 Å². The molecule has 1 aromatic rings. The Balaban J connectivity index is 1.82. The number of H-pyrrole nitrogens is 1. The van der Waals surface area contributed by atoms with Crippen LogP contribution in [0.5, 0.6) is 0 Å². The van der Waals surface area contributed by atoms with Gasteiger partial charge in [0, 0.05) is 29.4 Å². The van der Waals surface area contributed by atoms with Gasteiger partial charge in [0.1, 0.15) is 0 Å². The van der Waals surface area contributed by atoms with Gasteiger partial charge in [-0.1, -0.05) is 6.92 Å². The van der Waals surface area contributed by atoms with Gasteiger partial charge in [0.2, 0.25) is 0 Å². The fourth-order valence-electron chi connectivity index (χ4n) is 3.77. The van der Waals surface area contributed by atoms with E-state index in [0.717, 1.165) is 31.4 Å². The lowest BCUT2D eigenvalue weighted by atomic mass is 9.83. The second-order valence-electron chi connectivity index (χ2n) is 6.04. The van der Waals surface area contributed by atoms with Crippen LogP contribution in [0.4, 0.5) is 0 Å². The van der Waals surface area contributed by atoms with E-state index in [9.17, 15) is 4.79 Å². The quantitative estimate of drug-likeness (QED) is 0.907. The number of nitrogens with zero attached hydrogens (tertiary/aromatic N) is 1. The Morgan fingerprint density at radius 2 is 2.05 bits per heavy atom. The highest BCUT2D eigenvalue weighted by molar-refractivity contribution is 6.01. The van der Waals surface area contributed by atoms with Crippen molar-refractivity contribution in [1.82, 2.24) is 9.88 Å². The highest BCUT2D eigenvalue weighted by atomic mass is 16.1. The van der Waals surface area contributed by atoms with E-state index < -0.39 is 0 Å². The predicted octanol–water partition coefficient (Wildman–Crippen LogP) is 2.73. The Bertz CT molecular complexity index is 483. The van der Waals surface area contributed by atoms with Gasteiger partial charge in [0.25, 0.3) is 0 Å². The van der Waals surface area contributed by atoms with Gasteiger partial charge in [0.05, 0.1) is 0 Å². The van der Waals surface area contributed by atoms with Crippen molar-refractivity contribution >= 4 is 5.78 Å². The number of likely N-dealkylation sites (tertiary alicyclic amines) is 1. The Morgan fingerprint density at radius 1 is 1.32 bits per heavy atom. The van der Waals surface area contributed by atoms with E-state index in [4.69, 9.17) is 0 Å². The van der Waals surface area contributed by atoms with E-state index >= 15 is 0 Å². The highest BCUT2D eigenvalue weighted by Crippen LogP contribution is 2.31. The number of aryl methyl sites for hydroxylation is 2. The molecule has 3 rings (SSSR count). The van der Waals surface area contributed by atoms with Gasteiger partial charge < -0.3 is 9.88 Å². The summed E-state index contributed by atoms with van der Waals surface area (Å²) in [5.74, 6) is 0.625. The summed E-state index contributed by atoms with van der Waals surface area (Å²) in [6.45, 7) is 7.59. The van der Waals surface area contributed by atoms with Crippen LogP contribution in [0.25, 0.3) is 0 Å². The first-order valence-corrected chi connectivity index (χ1v) is 7.67. The maximum absolute atomic E-state index is 12.8. The fraction of sp³-hybridized carbons (Fsp3) is 0.688. The lowest BCUT2D eigenvalue weighted by molar-refractivity contribution is 0.0867. The molecule has 0 saturated carbocycles. The molecule has 3 nitrogen and oxygen atoms in total. The van der Waals surface area contributed by atoms with Crippen LogP contribution in [-0.4, -0.2) is 35.3 Å². The highest BCUT2D eigenvalue weighted by Gasteiger charge is 2.32. The zero-order chi connectivity index (χ0) is 13.4. The molecule has 1 N–H and O–H groups in total. The van der Waals surface area contributed by atoms with Gasteiger partial charge >= 0.3 is 0 Å². The van der Waals surface area contributed by atoms with Crippen LogP contribution < -0.4 is 0 Å². The molecule has 1 saturated heterocycles. The van der Waals surface area contributed by atoms with Crippen molar-refractivity contribution in [2.45, 2.75) is 46.0 Å². The number of hydrogen-bond acceptors (Lipinski definition) is 2. The fourth-order valence-corrected chi connectivity index (χ4v) is 3.77. The second kappa shape index (κ2) is 5.12. The monoisotopic (exact) mass is 260 g/mol. The zero-order valence-electron chi connectivity index (χ0n) is 12.1. The minimum Gasteiger partial charge on any atom is -0.362 e. The molecule has 2 heterocycles. The molecule has 1 aromatic heterocycles. The third-order valence-electron chi connectivity index (χ3n) is 4.79. The lowest BCUT2D eigenvalue weighted by Gasteiger charge is -2.26. The van der Waals surface area contributed by atoms with Crippen molar-refractivity contribution in [2.24, 2.45) is 5.92 Å². The third-order valence-corrected chi connectivity index (χ3v) is 4.79. The molecule has 2 aliphatic rings. The summed E-state index contributed by atoms with van der Waals surface area (Å²) >= 11 is 0. The molecule has 1 aliphatic heterocycles. The van der Waals surface area contributed by atoms with Crippen LogP contribution >= 0.6 is 0 Å². The van der Waals surface area contributed by atoms with E-state index in [2.05, 4.69) is 23.7 Å². The molecule has 0 radical (unpaired) electrons. The van der Waals surface area contributed by atoms with Crippen molar-refractivity contribution in [2.75, 3.05) is 19.6 Å². The number of aromatic nitrogens is 1. The molecule has 104 valence electrons. The minimum atomic E-state index is 0.228. The summed E-state index contributed by atoms with van der Waals surface area (Å²) in [4.78, 5) is 18.6. The van der Waals surface area contributed by atoms with Crippen molar-refractivity contribution in [1.29, 1.82) is 0 Å². The number of ketones is 1. The number of Topliss-reactive ketones (excluding diaryl/α,β-unsaturated/α-hetero) is 1. The first-order chi connectivity index (χ1) is 9.20. The van der Waals surface area contributed by atoms with E-state index in [0.29, 0.717) is 5.78 Å². The number of carbonyl (C=O) groups excluding carboxylic acids is 1. The SMILES string of the molecule is CCc1c(C)[nH]c2c1C(=O)C(CN1CCCC1)CC2. The van der Waals surface area contributed by atoms with Crippen molar-refractivity contribution in [3.8, 4) is 0 Å². The summed E-state index contributed by atoms with van der Waals surface area (Å²) in [6, 6.07) is 0. The third kappa shape index (κ3) is 2.25. The molecular formula is C16H24N2O. The molecule has 1 fully saturated rings. The maximum Gasteiger partial charge on any atom is 0.169 e. The second-order valence-corrected chi connectivity index (χ2v) is 6.04. The van der Waals surface area contributed by atoms with Crippen LogP contribution in [0.3, 0.4) is 0 Å². The maximum atomic E-state index is 12.8. The largest absolute Gasteiger partial charge is 0.362 e. The van der Waals surface area contributed by atoms with Crippen LogP contribution in [-0.2, 0) is 12.8 Å². The van der Waals surface area contributed by atoms with Gasteiger partial charge in [-0.3, -0.25) is 4.79 Å². The van der Waals surface area contributed by atoms with Gasteiger partial charge in [0.15, 0.2) is 5.78 Å². The molecule has 19 heavy (non-hydrogen) atoms.